The third-order valence-electron chi connectivity index (χ3n) is 3.85. The lowest BCUT2D eigenvalue weighted by atomic mass is 10.1. The van der Waals surface area contributed by atoms with Crippen LogP contribution in [0.3, 0.4) is 0 Å². The lowest BCUT2D eigenvalue weighted by molar-refractivity contribution is 0.0997. The molecule has 1 aliphatic rings. The van der Waals surface area contributed by atoms with E-state index in [-0.39, 0.29) is 6.10 Å². The Morgan fingerprint density at radius 1 is 1.08 bits per heavy atom. The number of nitrogens with zero attached hydrogens (tertiary/aromatic N) is 1. The summed E-state index contributed by atoms with van der Waals surface area (Å²) in [6.45, 7) is 2.15. The molecule has 1 heterocycles. The predicted molar refractivity (Wildman–Crippen MR) is 93.2 cm³/mol. The highest BCUT2D eigenvalue weighted by molar-refractivity contribution is 5.74. The highest BCUT2D eigenvalue weighted by Crippen LogP contribution is 2.30. The van der Waals surface area contributed by atoms with Gasteiger partial charge in [0.2, 0.25) is 0 Å². The molecule has 0 amide bonds. The smallest absolute Gasteiger partial charge is 0.253 e. The van der Waals surface area contributed by atoms with E-state index in [1.54, 1.807) is 0 Å². The molecule has 0 radical (unpaired) electrons. The van der Waals surface area contributed by atoms with E-state index >= 15 is 0 Å². The maximum Gasteiger partial charge on any atom is 0.253 e. The van der Waals surface area contributed by atoms with Gasteiger partial charge in [-0.3, -0.25) is 9.59 Å². The van der Waals surface area contributed by atoms with Crippen LogP contribution in [-0.2, 0) is 0 Å². The topological polar surface area (TPSA) is 79.9 Å². The predicted octanol–water partition coefficient (Wildman–Crippen LogP) is 0.508. The van der Waals surface area contributed by atoms with Crippen LogP contribution in [0.4, 0.5) is 11.4 Å². The summed E-state index contributed by atoms with van der Waals surface area (Å²) in [5.74, 6) is 1.40. The summed E-state index contributed by atoms with van der Waals surface area (Å²) in [5.41, 5.74) is -0.262. The summed E-state index contributed by atoms with van der Waals surface area (Å²) in [6.07, 6.45) is -0.223. The fraction of sp³-hybridized carbons (Fsp3) is 0.412. The number of benzene rings is 1. The van der Waals surface area contributed by atoms with E-state index in [1.165, 1.54) is 0 Å². The van der Waals surface area contributed by atoms with Crippen LogP contribution in [-0.4, -0.2) is 51.3 Å². The Morgan fingerprint density at radius 3 is 2.46 bits per heavy atom. The summed E-state index contributed by atoms with van der Waals surface area (Å²) >= 11 is 0. The first-order valence-corrected chi connectivity index (χ1v) is 7.90. The summed E-state index contributed by atoms with van der Waals surface area (Å²) < 4.78 is 11.5. The van der Waals surface area contributed by atoms with Crippen LogP contribution >= 0.6 is 0 Å². The molecule has 0 aromatic heterocycles. The molecule has 24 heavy (non-hydrogen) atoms. The summed E-state index contributed by atoms with van der Waals surface area (Å²) in [6, 6.07) is 7.45. The van der Waals surface area contributed by atoms with Gasteiger partial charge in [0, 0.05) is 13.1 Å². The van der Waals surface area contributed by atoms with Crippen molar-refractivity contribution in [3.63, 3.8) is 0 Å². The Morgan fingerprint density at radius 2 is 1.75 bits per heavy atom. The fourth-order valence-corrected chi connectivity index (χ4v) is 2.51. The summed E-state index contributed by atoms with van der Waals surface area (Å²) in [7, 11) is 3.89. The van der Waals surface area contributed by atoms with Gasteiger partial charge in [-0.1, -0.05) is 12.1 Å². The molecule has 128 valence electrons. The quantitative estimate of drug-likeness (QED) is 0.716. The third-order valence-corrected chi connectivity index (χ3v) is 3.85. The number of nitrogens with one attached hydrogen (secondary N) is 2. The third kappa shape index (κ3) is 3.35. The average molecular weight is 331 g/mol. The molecule has 7 nitrogen and oxygen atoms in total. The van der Waals surface area contributed by atoms with Gasteiger partial charge in [-0.2, -0.15) is 0 Å². The molecule has 0 saturated heterocycles. The van der Waals surface area contributed by atoms with E-state index in [0.29, 0.717) is 42.6 Å². The highest BCUT2D eigenvalue weighted by Gasteiger charge is 2.24. The van der Waals surface area contributed by atoms with E-state index in [4.69, 9.17) is 9.47 Å². The first-order valence-electron chi connectivity index (χ1n) is 7.90. The van der Waals surface area contributed by atoms with Crippen LogP contribution in [0.1, 0.15) is 0 Å². The van der Waals surface area contributed by atoms with Gasteiger partial charge in [0.15, 0.2) is 11.5 Å². The minimum atomic E-state index is -0.487. The second-order valence-electron chi connectivity index (χ2n) is 6.02. The normalized spacial score (nSPS) is 16.4. The highest BCUT2D eigenvalue weighted by atomic mass is 16.6. The molecule has 7 heteroatoms. The van der Waals surface area contributed by atoms with Crippen molar-refractivity contribution in [2.45, 2.75) is 6.10 Å². The minimum Gasteiger partial charge on any atom is -0.486 e. The Bertz CT molecular complexity index is 780. The molecule has 1 aliphatic heterocycles. The zero-order valence-corrected chi connectivity index (χ0v) is 13.8. The largest absolute Gasteiger partial charge is 0.486 e. The lowest BCUT2D eigenvalue weighted by Crippen LogP contribution is -2.42. The number of hydrogen-bond donors (Lipinski definition) is 2. The molecule has 2 N–H and O–H groups in total. The first-order chi connectivity index (χ1) is 11.6. The van der Waals surface area contributed by atoms with Gasteiger partial charge in [-0.25, -0.2) is 0 Å². The number of para-hydroxylation sites is 2. The van der Waals surface area contributed by atoms with Crippen LogP contribution < -0.4 is 31.0 Å². The molecule has 1 atom stereocenters. The standard InChI is InChI=1S/C17H21N3O4/c1-20(2)8-7-18-14-15(17(22)16(14)21)19-9-11-10-23-12-5-3-4-6-13(12)24-11/h3-6,11,18-19H,7-10H2,1-2H3/t11-/m0/s1. The Kier molecular flexibility index (Phi) is 4.71. The first kappa shape index (κ1) is 16.3. The Hall–Kier alpha value is -2.54. The molecule has 2 aromatic carbocycles. The van der Waals surface area contributed by atoms with Gasteiger partial charge in [0.25, 0.3) is 10.9 Å². The van der Waals surface area contributed by atoms with Crippen molar-refractivity contribution in [3.8, 4) is 11.5 Å². The maximum atomic E-state index is 11.7. The maximum absolute atomic E-state index is 11.7. The zero-order valence-electron chi connectivity index (χ0n) is 13.8. The van der Waals surface area contributed by atoms with Crippen molar-refractivity contribution >= 4 is 11.4 Å². The molecule has 0 unspecified atom stereocenters. The van der Waals surface area contributed by atoms with Gasteiger partial charge in [0.05, 0.1) is 6.54 Å². The van der Waals surface area contributed by atoms with Crippen LogP contribution in [0.5, 0.6) is 11.5 Å². The summed E-state index contributed by atoms with van der Waals surface area (Å²) in [4.78, 5) is 25.4. The van der Waals surface area contributed by atoms with Gasteiger partial charge in [0.1, 0.15) is 24.1 Å². The van der Waals surface area contributed by atoms with Crippen molar-refractivity contribution in [2.75, 3.05) is 51.0 Å². The van der Waals surface area contributed by atoms with Gasteiger partial charge in [-0.15, -0.1) is 0 Å². The molecule has 0 aliphatic carbocycles. The van der Waals surface area contributed by atoms with Crippen molar-refractivity contribution < 1.29 is 9.47 Å². The lowest BCUT2D eigenvalue weighted by Gasteiger charge is -2.27. The van der Waals surface area contributed by atoms with Crippen molar-refractivity contribution in [3.05, 3.63) is 44.7 Å². The van der Waals surface area contributed by atoms with E-state index in [2.05, 4.69) is 10.6 Å². The second kappa shape index (κ2) is 6.92. The van der Waals surface area contributed by atoms with Crippen molar-refractivity contribution in [1.82, 2.24) is 4.90 Å². The Balaban J connectivity index is 1.57. The van der Waals surface area contributed by atoms with Crippen molar-refractivity contribution in [1.29, 1.82) is 0 Å². The Labute approximate surface area is 139 Å². The zero-order chi connectivity index (χ0) is 17.1. The number of rotatable bonds is 7. The number of anilines is 2. The van der Waals surface area contributed by atoms with Crippen LogP contribution in [0.15, 0.2) is 33.9 Å². The number of hydrogen-bond acceptors (Lipinski definition) is 7. The molecule has 0 spiro atoms. The molecule has 0 saturated carbocycles. The van der Waals surface area contributed by atoms with Crippen LogP contribution in [0, 0.1) is 0 Å². The van der Waals surface area contributed by atoms with E-state index in [9.17, 15) is 9.59 Å². The minimum absolute atomic E-state index is 0.223. The van der Waals surface area contributed by atoms with Crippen LogP contribution in [0.2, 0.25) is 0 Å². The molecular formula is C17H21N3O4. The SMILES string of the molecule is CN(C)CCNc1c(NC[C@H]2COc3ccccc3O2)c(=O)c1=O. The van der Waals surface area contributed by atoms with Crippen molar-refractivity contribution in [2.24, 2.45) is 0 Å². The van der Waals surface area contributed by atoms with E-state index in [1.807, 2.05) is 43.3 Å². The molecular weight excluding hydrogens is 310 g/mol. The van der Waals surface area contributed by atoms with Gasteiger partial charge < -0.3 is 25.0 Å². The number of ether oxygens (including phenoxy) is 2. The van der Waals surface area contributed by atoms with Crippen LogP contribution in [0.25, 0.3) is 0 Å². The molecule has 2 aromatic rings. The monoisotopic (exact) mass is 331 g/mol. The fourth-order valence-electron chi connectivity index (χ4n) is 2.51. The van der Waals surface area contributed by atoms with E-state index in [0.717, 1.165) is 6.54 Å². The average Bonchev–Trinajstić information content (AvgIpc) is 2.59. The summed E-state index contributed by atoms with van der Waals surface area (Å²) in [5, 5.41) is 6.03. The van der Waals surface area contributed by atoms with E-state index < -0.39 is 10.9 Å². The molecule has 0 bridgehead atoms. The van der Waals surface area contributed by atoms with Gasteiger partial charge >= 0.3 is 0 Å². The number of fused-ring (bicyclic) bond motifs is 1. The van der Waals surface area contributed by atoms with Gasteiger partial charge in [-0.05, 0) is 26.2 Å². The second-order valence-corrected chi connectivity index (χ2v) is 6.02. The molecule has 0 fully saturated rings. The number of likely N-dealkylation sites (N-methyl/N-ethyl adjacent to an activating group) is 1. The molecule has 3 rings (SSSR count).